The Balaban J connectivity index is 1.84. The number of benzene rings is 2. The summed E-state index contributed by atoms with van der Waals surface area (Å²) >= 11 is 5.55. The molecule has 4 rings (SSSR count). The van der Waals surface area contributed by atoms with Crippen LogP contribution in [-0.2, 0) is 6.42 Å². The van der Waals surface area contributed by atoms with Gasteiger partial charge in [0.05, 0.1) is 25.3 Å². The summed E-state index contributed by atoms with van der Waals surface area (Å²) in [5.41, 5.74) is 3.96. The average Bonchev–Trinajstić information content (AvgIpc) is 2.66. The monoisotopic (exact) mass is 366 g/mol. The number of H-pyrrole nitrogens is 1. The molecule has 0 unspecified atom stereocenters. The minimum absolute atomic E-state index is 0.519. The molecule has 0 amide bonds. The van der Waals surface area contributed by atoms with Crippen LogP contribution in [0.3, 0.4) is 0 Å². The number of aryl methyl sites for hydroxylation is 1. The molecule has 0 saturated carbocycles. The van der Waals surface area contributed by atoms with E-state index < -0.39 is 0 Å². The van der Waals surface area contributed by atoms with E-state index in [1.165, 1.54) is 5.56 Å². The van der Waals surface area contributed by atoms with Gasteiger partial charge in [-0.15, -0.1) is 0 Å². The minimum atomic E-state index is 0.519. The highest BCUT2D eigenvalue weighted by Crippen LogP contribution is 2.40. The van der Waals surface area contributed by atoms with Crippen molar-refractivity contribution in [1.29, 1.82) is 0 Å². The highest BCUT2D eigenvalue weighted by atomic mass is 32.1. The summed E-state index contributed by atoms with van der Waals surface area (Å²) in [4.78, 5) is 7.85. The van der Waals surface area contributed by atoms with Crippen LogP contribution in [0, 0.1) is 11.6 Å². The molecule has 26 heavy (non-hydrogen) atoms. The van der Waals surface area contributed by atoms with Crippen molar-refractivity contribution in [2.24, 2.45) is 0 Å². The third-order valence-corrected chi connectivity index (χ3v) is 4.77. The van der Waals surface area contributed by atoms with Crippen molar-refractivity contribution >= 4 is 12.2 Å². The van der Waals surface area contributed by atoms with Crippen LogP contribution in [-0.4, -0.2) is 24.2 Å². The zero-order valence-corrected chi connectivity index (χ0v) is 15.6. The maximum absolute atomic E-state index is 6.07. The van der Waals surface area contributed by atoms with E-state index in [1.807, 2.05) is 30.3 Å². The van der Waals surface area contributed by atoms with Crippen molar-refractivity contribution in [3.8, 4) is 34.5 Å². The summed E-state index contributed by atoms with van der Waals surface area (Å²) in [6.45, 7) is 2.06. The van der Waals surface area contributed by atoms with Gasteiger partial charge >= 0.3 is 0 Å². The van der Waals surface area contributed by atoms with Gasteiger partial charge in [-0.2, -0.15) is 0 Å². The predicted molar refractivity (Wildman–Crippen MR) is 102 cm³/mol. The number of aromatic amines is 1. The first-order valence-corrected chi connectivity index (χ1v) is 8.63. The lowest BCUT2D eigenvalue weighted by Crippen LogP contribution is -2.08. The number of methoxy groups -OCH3 is 2. The molecule has 3 aromatic rings. The lowest BCUT2D eigenvalue weighted by Gasteiger charge is -2.21. The molecular formula is C20H18N2O3S. The van der Waals surface area contributed by atoms with Crippen molar-refractivity contribution in [3.05, 3.63) is 57.7 Å². The first-order valence-electron chi connectivity index (χ1n) is 8.22. The van der Waals surface area contributed by atoms with E-state index in [-0.39, 0.29) is 0 Å². The van der Waals surface area contributed by atoms with E-state index in [0.717, 1.165) is 22.4 Å². The Labute approximate surface area is 156 Å². The first kappa shape index (κ1) is 16.6. The number of nitrogens with zero attached hydrogens (tertiary/aromatic N) is 1. The number of aromatic nitrogens is 2. The Hall–Kier alpha value is -2.86. The summed E-state index contributed by atoms with van der Waals surface area (Å²) in [6, 6.07) is 11.8. The van der Waals surface area contributed by atoms with Gasteiger partial charge in [0.15, 0.2) is 11.5 Å². The Morgan fingerprint density at radius 1 is 1.15 bits per heavy atom. The second-order valence-electron chi connectivity index (χ2n) is 6.13. The van der Waals surface area contributed by atoms with E-state index in [0.29, 0.717) is 34.3 Å². The fourth-order valence-electron chi connectivity index (χ4n) is 3.17. The molecule has 2 aromatic carbocycles. The van der Waals surface area contributed by atoms with Crippen LogP contribution >= 0.6 is 12.2 Å². The van der Waals surface area contributed by atoms with Crippen molar-refractivity contribution in [3.63, 3.8) is 0 Å². The molecule has 6 heteroatoms. The molecule has 0 bridgehead atoms. The summed E-state index contributed by atoms with van der Waals surface area (Å²) in [7, 11) is 3.20. The van der Waals surface area contributed by atoms with Gasteiger partial charge in [0.2, 0.25) is 5.88 Å². The smallest absolute Gasteiger partial charge is 0.205 e. The molecule has 0 fully saturated rings. The van der Waals surface area contributed by atoms with Crippen LogP contribution < -0.4 is 14.2 Å². The quantitative estimate of drug-likeness (QED) is 0.526. The SMILES string of the molecule is COc1cccc(-c2nc(=S)c3c([nH]2)Oc2ccc(C)cc2C3)c1OC. The molecule has 0 saturated heterocycles. The van der Waals surface area contributed by atoms with Crippen LogP contribution in [0.25, 0.3) is 11.4 Å². The predicted octanol–water partition coefficient (Wildman–Crippen LogP) is 4.83. The zero-order valence-electron chi connectivity index (χ0n) is 14.8. The fraction of sp³-hybridized carbons (Fsp3) is 0.200. The van der Waals surface area contributed by atoms with Gasteiger partial charge < -0.3 is 19.2 Å². The Morgan fingerprint density at radius 3 is 2.77 bits per heavy atom. The third kappa shape index (κ3) is 2.72. The number of rotatable bonds is 3. The molecule has 0 aliphatic carbocycles. The fourth-order valence-corrected chi connectivity index (χ4v) is 3.42. The normalized spacial score (nSPS) is 12.0. The Bertz CT molecular complexity index is 1060. The number of fused-ring (bicyclic) bond motifs is 2. The number of hydrogen-bond acceptors (Lipinski definition) is 5. The number of para-hydroxylation sites is 1. The van der Waals surface area contributed by atoms with Crippen LogP contribution in [0.2, 0.25) is 0 Å². The Morgan fingerprint density at radius 2 is 2.00 bits per heavy atom. The van der Waals surface area contributed by atoms with Gasteiger partial charge in [0.1, 0.15) is 16.2 Å². The van der Waals surface area contributed by atoms with E-state index in [9.17, 15) is 0 Å². The lowest BCUT2D eigenvalue weighted by molar-refractivity contribution is 0.356. The van der Waals surface area contributed by atoms with Crippen molar-refractivity contribution in [2.45, 2.75) is 13.3 Å². The first-order chi connectivity index (χ1) is 12.6. The van der Waals surface area contributed by atoms with Gasteiger partial charge in [0, 0.05) is 6.42 Å². The van der Waals surface area contributed by atoms with Gasteiger partial charge in [-0.3, -0.25) is 0 Å². The second-order valence-corrected chi connectivity index (χ2v) is 6.52. The molecule has 0 atom stereocenters. The maximum atomic E-state index is 6.07. The molecule has 1 aromatic heterocycles. The van der Waals surface area contributed by atoms with Crippen LogP contribution in [0.4, 0.5) is 0 Å². The number of nitrogens with one attached hydrogen (secondary N) is 1. The standard InChI is InChI=1S/C20H18N2O3S/c1-11-7-8-15-12(9-11)10-14-19(25-15)21-18(22-20(14)26)13-5-4-6-16(23-2)17(13)24-3/h4-9H,10H2,1-3H3,(H,21,22,26). The summed E-state index contributed by atoms with van der Waals surface area (Å²) in [5, 5.41) is 0. The molecular weight excluding hydrogens is 348 g/mol. The van der Waals surface area contributed by atoms with E-state index in [2.05, 4.69) is 23.0 Å². The van der Waals surface area contributed by atoms with Crippen LogP contribution in [0.5, 0.6) is 23.1 Å². The summed E-state index contributed by atoms with van der Waals surface area (Å²) < 4.78 is 17.5. The van der Waals surface area contributed by atoms with Crippen LogP contribution in [0.15, 0.2) is 36.4 Å². The van der Waals surface area contributed by atoms with Crippen molar-refractivity contribution in [2.75, 3.05) is 14.2 Å². The topological polar surface area (TPSA) is 56.4 Å². The largest absolute Gasteiger partial charge is 0.493 e. The average molecular weight is 366 g/mol. The maximum Gasteiger partial charge on any atom is 0.205 e. The number of ether oxygens (including phenoxy) is 3. The lowest BCUT2D eigenvalue weighted by atomic mass is 10.0. The molecule has 2 heterocycles. The number of hydrogen-bond donors (Lipinski definition) is 1. The zero-order chi connectivity index (χ0) is 18.3. The molecule has 1 aliphatic rings. The molecule has 5 nitrogen and oxygen atoms in total. The van der Waals surface area contributed by atoms with Crippen LogP contribution in [0.1, 0.15) is 16.7 Å². The van der Waals surface area contributed by atoms with E-state index in [1.54, 1.807) is 14.2 Å². The molecule has 132 valence electrons. The van der Waals surface area contributed by atoms with Gasteiger partial charge in [-0.25, -0.2) is 4.98 Å². The highest BCUT2D eigenvalue weighted by Gasteiger charge is 2.22. The highest BCUT2D eigenvalue weighted by molar-refractivity contribution is 7.71. The summed E-state index contributed by atoms with van der Waals surface area (Å²) in [5.74, 6) is 3.27. The third-order valence-electron chi connectivity index (χ3n) is 4.43. The second kappa shape index (κ2) is 6.46. The van der Waals surface area contributed by atoms with Gasteiger partial charge in [0.25, 0.3) is 0 Å². The molecule has 0 spiro atoms. The van der Waals surface area contributed by atoms with Crippen molar-refractivity contribution in [1.82, 2.24) is 9.97 Å². The van der Waals surface area contributed by atoms with E-state index >= 15 is 0 Å². The molecule has 1 aliphatic heterocycles. The van der Waals surface area contributed by atoms with E-state index in [4.69, 9.17) is 26.4 Å². The Kier molecular flexibility index (Phi) is 4.12. The van der Waals surface area contributed by atoms with Crippen molar-refractivity contribution < 1.29 is 14.2 Å². The minimum Gasteiger partial charge on any atom is -0.493 e. The molecule has 1 N–H and O–H groups in total. The summed E-state index contributed by atoms with van der Waals surface area (Å²) in [6.07, 6.45) is 0.699. The molecule has 0 radical (unpaired) electrons. The van der Waals surface area contributed by atoms with Gasteiger partial charge in [-0.1, -0.05) is 36.0 Å². The van der Waals surface area contributed by atoms with Gasteiger partial charge in [-0.05, 0) is 30.7 Å².